The largest absolute Gasteiger partial charge is 0.612 e. The maximum absolute atomic E-state index is 11.0. The number of allylic oxidation sites excluding steroid dienone is 1. The van der Waals surface area contributed by atoms with Crippen LogP contribution in [-0.4, -0.2) is 10.8 Å². The molecule has 1 atom stereocenters. The van der Waals surface area contributed by atoms with Crippen molar-refractivity contribution in [1.29, 1.82) is 0 Å². The smallest absolute Gasteiger partial charge is 0.152 e. The summed E-state index contributed by atoms with van der Waals surface area (Å²) in [5.74, 6) is 0. The van der Waals surface area contributed by atoms with Gasteiger partial charge in [0, 0.05) is 0 Å². The van der Waals surface area contributed by atoms with Crippen LogP contribution >= 0.6 is 0 Å². The van der Waals surface area contributed by atoms with Gasteiger partial charge in [-0.25, -0.2) is 0 Å². The molecule has 0 aliphatic heterocycles. The van der Waals surface area contributed by atoms with Crippen molar-refractivity contribution >= 4 is 11.2 Å². The average Bonchev–Trinajstić information content (AvgIpc) is 2.06. The molecule has 1 nitrogen and oxygen atoms in total. The number of benzene rings is 1. The molecule has 63 valence electrons. The van der Waals surface area contributed by atoms with Crippen LogP contribution in [0.25, 0.3) is 0 Å². The molecule has 0 heterocycles. The molecule has 0 fully saturated rings. The third kappa shape index (κ3) is 2.40. The molecule has 0 amide bonds. The molecule has 0 aliphatic carbocycles. The molecule has 0 aliphatic rings. The first-order valence-corrected chi connectivity index (χ1v) is 5.25. The molecule has 0 bridgehead atoms. The second-order valence-electron chi connectivity index (χ2n) is 2.54. The Kier molecular flexibility index (Phi) is 3.38. The Bertz CT molecular complexity index is 251. The summed E-state index contributed by atoms with van der Waals surface area (Å²) >= 11 is -0.883. The molecular weight excluding hydrogens is 168 g/mol. The Morgan fingerprint density at radius 3 is 2.42 bits per heavy atom. The van der Waals surface area contributed by atoms with Crippen molar-refractivity contribution in [3.8, 4) is 0 Å². The molecule has 2 heteroatoms. The quantitative estimate of drug-likeness (QED) is 0.650. The van der Waals surface area contributed by atoms with Crippen LogP contribution in [0, 0.1) is 6.58 Å². The molecular formula is C10H11OS. The van der Waals surface area contributed by atoms with Crippen molar-refractivity contribution in [3.63, 3.8) is 0 Å². The van der Waals surface area contributed by atoms with Crippen LogP contribution in [0.15, 0.2) is 35.2 Å². The van der Waals surface area contributed by atoms with Gasteiger partial charge in [0.05, 0.1) is 0 Å². The lowest BCUT2D eigenvalue weighted by Crippen LogP contribution is -1.96. The lowest BCUT2D eigenvalue weighted by atomic mass is 10.2. The van der Waals surface area contributed by atoms with Gasteiger partial charge >= 0.3 is 0 Å². The lowest BCUT2D eigenvalue weighted by molar-refractivity contribution is 0.601. The predicted octanol–water partition coefficient (Wildman–Crippen LogP) is 1.96. The van der Waals surface area contributed by atoms with Crippen molar-refractivity contribution in [1.82, 2.24) is 0 Å². The van der Waals surface area contributed by atoms with Gasteiger partial charge in [0.25, 0.3) is 0 Å². The van der Waals surface area contributed by atoms with Gasteiger partial charge in [-0.05, 0) is 35.3 Å². The maximum Gasteiger partial charge on any atom is 0.152 e. The predicted molar refractivity (Wildman–Crippen MR) is 51.3 cm³/mol. The summed E-state index contributed by atoms with van der Waals surface area (Å²) in [5.41, 5.74) is 1.15. The Morgan fingerprint density at radius 2 is 2.00 bits per heavy atom. The second kappa shape index (κ2) is 4.33. The summed E-state index contributed by atoms with van der Waals surface area (Å²) in [6.45, 7) is 5.27. The van der Waals surface area contributed by atoms with Crippen molar-refractivity contribution in [3.05, 3.63) is 42.5 Å². The first-order chi connectivity index (χ1) is 5.74. The highest BCUT2D eigenvalue weighted by Gasteiger charge is 2.01. The summed E-state index contributed by atoms with van der Waals surface area (Å²) in [5, 5.41) is 0. The van der Waals surface area contributed by atoms with Crippen LogP contribution in [0.1, 0.15) is 5.56 Å². The first-order valence-electron chi connectivity index (χ1n) is 3.70. The van der Waals surface area contributed by atoms with Crippen molar-refractivity contribution in [2.45, 2.75) is 11.3 Å². The van der Waals surface area contributed by atoms with Crippen molar-refractivity contribution in [2.24, 2.45) is 0 Å². The number of hydrogen-bond donors (Lipinski definition) is 0. The summed E-state index contributed by atoms with van der Waals surface area (Å²) in [6, 6.07) is 7.63. The van der Waals surface area contributed by atoms with Gasteiger partial charge in [-0.1, -0.05) is 24.8 Å². The fraction of sp³-hybridized carbons (Fsp3) is 0.200. The SMILES string of the molecule is [CH]=CCc1ccc([S+](C)[O-])cc1. The minimum Gasteiger partial charge on any atom is -0.612 e. The van der Waals surface area contributed by atoms with Gasteiger partial charge in [-0.3, -0.25) is 0 Å². The van der Waals surface area contributed by atoms with E-state index in [1.165, 1.54) is 0 Å². The Labute approximate surface area is 76.3 Å². The van der Waals surface area contributed by atoms with Gasteiger partial charge < -0.3 is 4.55 Å². The molecule has 1 radical (unpaired) electrons. The van der Waals surface area contributed by atoms with Crippen molar-refractivity contribution < 1.29 is 4.55 Å². The third-order valence-corrected chi connectivity index (χ3v) is 2.54. The Morgan fingerprint density at radius 1 is 1.42 bits per heavy atom. The van der Waals surface area contributed by atoms with Crippen LogP contribution in [0.2, 0.25) is 0 Å². The van der Waals surface area contributed by atoms with E-state index in [0.717, 1.165) is 16.9 Å². The summed E-state index contributed by atoms with van der Waals surface area (Å²) < 4.78 is 11.0. The standard InChI is InChI=1S/C10H11OS/c1-3-4-9-5-7-10(8-6-9)12(2)11/h1,3,5-8H,4H2,2H3. The average molecular weight is 179 g/mol. The molecule has 0 spiro atoms. The Hall–Kier alpha value is -0.730. The van der Waals surface area contributed by atoms with Crippen LogP contribution in [0.3, 0.4) is 0 Å². The molecule has 1 aromatic carbocycles. The van der Waals surface area contributed by atoms with E-state index in [0.29, 0.717) is 0 Å². The highest BCUT2D eigenvalue weighted by molar-refractivity contribution is 7.90. The van der Waals surface area contributed by atoms with E-state index in [2.05, 4.69) is 0 Å². The summed E-state index contributed by atoms with van der Waals surface area (Å²) in [6.07, 6.45) is 4.04. The van der Waals surface area contributed by atoms with Crippen LogP contribution in [0.4, 0.5) is 0 Å². The highest BCUT2D eigenvalue weighted by atomic mass is 32.2. The molecule has 12 heavy (non-hydrogen) atoms. The lowest BCUT2D eigenvalue weighted by Gasteiger charge is -2.03. The molecule has 0 saturated carbocycles. The van der Waals surface area contributed by atoms with E-state index in [9.17, 15) is 4.55 Å². The monoisotopic (exact) mass is 179 g/mol. The van der Waals surface area contributed by atoms with Crippen LogP contribution in [0.5, 0.6) is 0 Å². The summed E-state index contributed by atoms with van der Waals surface area (Å²) in [4.78, 5) is 0.857. The number of rotatable bonds is 3. The normalized spacial score (nSPS) is 12.5. The molecule has 1 unspecified atom stereocenters. The van der Waals surface area contributed by atoms with E-state index in [1.807, 2.05) is 24.3 Å². The molecule has 0 N–H and O–H groups in total. The van der Waals surface area contributed by atoms with Crippen molar-refractivity contribution in [2.75, 3.05) is 6.26 Å². The third-order valence-electron chi connectivity index (χ3n) is 1.61. The zero-order valence-corrected chi connectivity index (χ0v) is 7.80. The van der Waals surface area contributed by atoms with E-state index < -0.39 is 11.2 Å². The van der Waals surface area contributed by atoms with E-state index in [4.69, 9.17) is 6.58 Å². The second-order valence-corrected chi connectivity index (χ2v) is 3.92. The van der Waals surface area contributed by atoms with E-state index in [-0.39, 0.29) is 0 Å². The van der Waals surface area contributed by atoms with Crippen LogP contribution < -0.4 is 0 Å². The summed E-state index contributed by atoms with van der Waals surface area (Å²) in [7, 11) is 0. The minimum atomic E-state index is -0.883. The Balaban J connectivity index is 2.78. The van der Waals surface area contributed by atoms with Gasteiger partial charge in [-0.2, -0.15) is 0 Å². The van der Waals surface area contributed by atoms with Gasteiger partial charge in [0.15, 0.2) is 4.90 Å². The first kappa shape index (κ1) is 9.36. The zero-order valence-electron chi connectivity index (χ0n) is 6.99. The van der Waals surface area contributed by atoms with Gasteiger partial charge in [-0.15, -0.1) is 0 Å². The van der Waals surface area contributed by atoms with Crippen LogP contribution in [-0.2, 0) is 17.6 Å². The minimum absolute atomic E-state index is 0.761. The van der Waals surface area contributed by atoms with E-state index in [1.54, 1.807) is 12.3 Å². The molecule has 0 saturated heterocycles. The molecule has 0 aromatic heterocycles. The molecule has 1 rings (SSSR count). The highest BCUT2D eigenvalue weighted by Crippen LogP contribution is 2.10. The molecule has 1 aromatic rings. The fourth-order valence-corrected chi connectivity index (χ4v) is 1.47. The fourth-order valence-electron chi connectivity index (χ4n) is 0.953. The zero-order chi connectivity index (χ0) is 8.97. The van der Waals surface area contributed by atoms with E-state index >= 15 is 0 Å². The number of hydrogen-bond acceptors (Lipinski definition) is 1. The van der Waals surface area contributed by atoms with Gasteiger partial charge in [0.1, 0.15) is 6.26 Å². The topological polar surface area (TPSA) is 23.1 Å². The maximum atomic E-state index is 11.0. The van der Waals surface area contributed by atoms with Gasteiger partial charge in [0.2, 0.25) is 0 Å².